The van der Waals surface area contributed by atoms with Crippen molar-refractivity contribution in [3.63, 3.8) is 0 Å². The number of carboxylic acids is 1. The van der Waals surface area contributed by atoms with Crippen LogP contribution in [0.2, 0.25) is 0 Å². The summed E-state index contributed by atoms with van der Waals surface area (Å²) in [6.07, 6.45) is 0.752. The largest absolute Gasteiger partial charge is 0.481 e. The van der Waals surface area contributed by atoms with E-state index in [1.54, 1.807) is 0 Å². The van der Waals surface area contributed by atoms with Crippen LogP contribution in [-0.2, 0) is 4.79 Å². The van der Waals surface area contributed by atoms with Gasteiger partial charge in [0.1, 0.15) is 0 Å². The second kappa shape index (κ2) is 4.10. The molecule has 1 unspecified atom stereocenters. The third-order valence-corrected chi connectivity index (χ3v) is 2.43. The molecule has 0 aromatic heterocycles. The molecule has 72 valence electrons. The normalized spacial score (nSPS) is 27.3. The van der Waals surface area contributed by atoms with Crippen LogP contribution in [0, 0.1) is 11.3 Å². The molecular weight excluding hydrogens is 178 g/mol. The molecule has 4 heteroatoms. The van der Waals surface area contributed by atoms with Crippen molar-refractivity contribution in [3.8, 4) is 0 Å². The number of piperidine rings is 1. The van der Waals surface area contributed by atoms with Gasteiger partial charge < -0.3 is 10.4 Å². The summed E-state index contributed by atoms with van der Waals surface area (Å²) in [6, 6.07) is 0. The molecule has 0 aliphatic carbocycles. The summed E-state index contributed by atoms with van der Waals surface area (Å²) in [4.78, 5) is 10.7. The highest BCUT2D eigenvalue weighted by Crippen LogP contribution is 2.31. The van der Waals surface area contributed by atoms with Gasteiger partial charge in [-0.2, -0.15) is 0 Å². The minimum Gasteiger partial charge on any atom is -0.481 e. The summed E-state index contributed by atoms with van der Waals surface area (Å²) in [7, 11) is 0. The van der Waals surface area contributed by atoms with E-state index in [9.17, 15) is 4.79 Å². The molecule has 0 aromatic carbocycles. The van der Waals surface area contributed by atoms with Crippen molar-refractivity contribution in [1.82, 2.24) is 5.32 Å². The number of hydrogen-bond donors (Lipinski definition) is 2. The zero-order valence-corrected chi connectivity index (χ0v) is 8.28. The van der Waals surface area contributed by atoms with Crippen molar-refractivity contribution in [2.75, 3.05) is 13.1 Å². The monoisotopic (exact) mass is 193 g/mol. The van der Waals surface area contributed by atoms with E-state index >= 15 is 0 Å². The summed E-state index contributed by atoms with van der Waals surface area (Å²) in [5, 5.41) is 12.0. The van der Waals surface area contributed by atoms with Gasteiger partial charge in [0.05, 0.1) is 5.92 Å². The first-order valence-electron chi connectivity index (χ1n) is 3.97. The number of rotatable bonds is 1. The molecule has 0 spiro atoms. The van der Waals surface area contributed by atoms with Crippen LogP contribution < -0.4 is 5.32 Å². The fraction of sp³-hybridized carbons (Fsp3) is 0.875. The lowest BCUT2D eigenvalue weighted by Crippen LogP contribution is -2.45. The summed E-state index contributed by atoms with van der Waals surface area (Å²) < 4.78 is 0. The van der Waals surface area contributed by atoms with E-state index in [4.69, 9.17) is 5.11 Å². The Morgan fingerprint density at radius 1 is 1.58 bits per heavy atom. The van der Waals surface area contributed by atoms with E-state index in [0.29, 0.717) is 0 Å². The number of carboxylic acid groups (broad SMARTS) is 1. The molecule has 2 N–H and O–H groups in total. The van der Waals surface area contributed by atoms with Gasteiger partial charge in [0.25, 0.3) is 0 Å². The molecule has 0 saturated carbocycles. The average molecular weight is 194 g/mol. The lowest BCUT2D eigenvalue weighted by atomic mass is 9.75. The first kappa shape index (κ1) is 11.7. The second-order valence-electron chi connectivity index (χ2n) is 3.84. The standard InChI is InChI=1S/C8H15NO2.ClH/c1-8(2)5-9-4-3-6(8)7(10)11;/h6,9H,3-5H2,1-2H3,(H,10,11);1H. The fourth-order valence-electron chi connectivity index (χ4n) is 1.63. The van der Waals surface area contributed by atoms with Crippen LogP contribution in [0.5, 0.6) is 0 Å². The fourth-order valence-corrected chi connectivity index (χ4v) is 1.63. The van der Waals surface area contributed by atoms with Crippen molar-refractivity contribution in [3.05, 3.63) is 0 Å². The van der Waals surface area contributed by atoms with E-state index in [1.165, 1.54) is 0 Å². The Bertz CT molecular complexity index is 170. The number of hydrogen-bond acceptors (Lipinski definition) is 2. The Morgan fingerprint density at radius 2 is 2.17 bits per heavy atom. The average Bonchev–Trinajstić information content (AvgIpc) is 1.85. The van der Waals surface area contributed by atoms with Crippen LogP contribution in [0.25, 0.3) is 0 Å². The van der Waals surface area contributed by atoms with Crippen LogP contribution in [0.3, 0.4) is 0 Å². The van der Waals surface area contributed by atoms with E-state index < -0.39 is 5.97 Å². The highest BCUT2D eigenvalue weighted by atomic mass is 35.5. The molecule has 1 atom stereocenters. The van der Waals surface area contributed by atoms with Crippen molar-refractivity contribution >= 4 is 18.4 Å². The first-order valence-corrected chi connectivity index (χ1v) is 3.97. The van der Waals surface area contributed by atoms with Crippen LogP contribution in [0.1, 0.15) is 20.3 Å². The highest BCUT2D eigenvalue weighted by Gasteiger charge is 2.36. The van der Waals surface area contributed by atoms with Crippen LogP contribution >= 0.6 is 12.4 Å². The smallest absolute Gasteiger partial charge is 0.307 e. The van der Waals surface area contributed by atoms with Crippen LogP contribution in [0.4, 0.5) is 0 Å². The van der Waals surface area contributed by atoms with Crippen molar-refractivity contribution in [2.45, 2.75) is 20.3 Å². The molecule has 0 amide bonds. The zero-order chi connectivity index (χ0) is 8.48. The number of halogens is 1. The highest BCUT2D eigenvalue weighted by molar-refractivity contribution is 5.85. The van der Waals surface area contributed by atoms with E-state index in [-0.39, 0.29) is 23.7 Å². The molecular formula is C8H16ClNO2. The number of nitrogens with one attached hydrogen (secondary N) is 1. The van der Waals surface area contributed by atoms with Gasteiger partial charge in [0, 0.05) is 6.54 Å². The topological polar surface area (TPSA) is 49.3 Å². The van der Waals surface area contributed by atoms with E-state index in [2.05, 4.69) is 5.32 Å². The molecule has 1 heterocycles. The molecule has 3 nitrogen and oxygen atoms in total. The number of aliphatic carboxylic acids is 1. The first-order chi connectivity index (χ1) is 5.04. The lowest BCUT2D eigenvalue weighted by molar-refractivity contribution is -0.147. The maximum atomic E-state index is 10.7. The van der Waals surface area contributed by atoms with Gasteiger partial charge >= 0.3 is 5.97 Å². The van der Waals surface area contributed by atoms with Gasteiger partial charge in [0.2, 0.25) is 0 Å². The molecule has 1 rings (SSSR count). The molecule has 12 heavy (non-hydrogen) atoms. The summed E-state index contributed by atoms with van der Waals surface area (Å²) in [5.74, 6) is -0.833. The summed E-state index contributed by atoms with van der Waals surface area (Å²) in [5.41, 5.74) is -0.0932. The minimum absolute atomic E-state index is 0. The molecule has 1 aliphatic heterocycles. The summed E-state index contributed by atoms with van der Waals surface area (Å²) in [6.45, 7) is 5.64. The SMILES string of the molecule is CC1(C)CNCCC1C(=O)O.Cl. The quantitative estimate of drug-likeness (QED) is 0.657. The van der Waals surface area contributed by atoms with Gasteiger partial charge in [-0.1, -0.05) is 13.8 Å². The van der Waals surface area contributed by atoms with Gasteiger partial charge in [-0.25, -0.2) is 0 Å². The zero-order valence-electron chi connectivity index (χ0n) is 7.46. The van der Waals surface area contributed by atoms with E-state index in [0.717, 1.165) is 19.5 Å². The third kappa shape index (κ3) is 2.35. The molecule has 1 saturated heterocycles. The molecule has 1 fully saturated rings. The Hall–Kier alpha value is -0.280. The van der Waals surface area contributed by atoms with Crippen molar-refractivity contribution in [2.24, 2.45) is 11.3 Å². The predicted molar refractivity (Wildman–Crippen MR) is 49.6 cm³/mol. The molecule has 1 aliphatic rings. The predicted octanol–water partition coefficient (Wildman–Crippen LogP) is 1.13. The Morgan fingerprint density at radius 3 is 2.50 bits per heavy atom. The second-order valence-corrected chi connectivity index (χ2v) is 3.84. The Kier molecular flexibility index (Phi) is 4.00. The molecule has 0 aromatic rings. The number of carbonyl (C=O) groups is 1. The van der Waals surface area contributed by atoms with E-state index in [1.807, 2.05) is 13.8 Å². The maximum absolute atomic E-state index is 10.7. The van der Waals surface area contributed by atoms with Crippen LogP contribution in [-0.4, -0.2) is 24.2 Å². The molecule has 0 bridgehead atoms. The Labute approximate surface area is 78.9 Å². The van der Waals surface area contributed by atoms with Gasteiger partial charge in [-0.05, 0) is 18.4 Å². The molecule has 0 radical (unpaired) electrons. The van der Waals surface area contributed by atoms with Crippen molar-refractivity contribution < 1.29 is 9.90 Å². The maximum Gasteiger partial charge on any atom is 0.307 e. The lowest BCUT2D eigenvalue weighted by Gasteiger charge is -2.36. The van der Waals surface area contributed by atoms with Gasteiger partial charge in [-0.3, -0.25) is 4.79 Å². The minimum atomic E-state index is -0.656. The van der Waals surface area contributed by atoms with Crippen LogP contribution in [0.15, 0.2) is 0 Å². The third-order valence-electron chi connectivity index (χ3n) is 2.43. The Balaban J connectivity index is 0.00000121. The van der Waals surface area contributed by atoms with Crippen molar-refractivity contribution in [1.29, 1.82) is 0 Å². The summed E-state index contributed by atoms with van der Waals surface area (Å²) >= 11 is 0. The van der Waals surface area contributed by atoms with Gasteiger partial charge in [0.15, 0.2) is 0 Å². The van der Waals surface area contributed by atoms with Gasteiger partial charge in [-0.15, -0.1) is 12.4 Å².